The molecule has 0 bridgehead atoms. The first-order chi connectivity index (χ1) is 13.0. The molecule has 3 rings (SSSR count). The number of nitrogens with zero attached hydrogens (tertiary/aromatic N) is 5. The summed E-state index contributed by atoms with van der Waals surface area (Å²) in [6, 6.07) is 0.0168. The normalized spacial score (nSPS) is 12.0. The number of pyridine rings is 1. The molecule has 27 heavy (non-hydrogen) atoms. The van der Waals surface area contributed by atoms with Gasteiger partial charge in [-0.25, -0.2) is 18.7 Å². The Hall–Kier alpha value is -2.85. The Bertz CT molecular complexity index is 937. The van der Waals surface area contributed by atoms with Crippen molar-refractivity contribution in [2.24, 2.45) is 7.05 Å². The van der Waals surface area contributed by atoms with Crippen LogP contribution in [0.4, 0.5) is 26.4 Å². The highest BCUT2D eigenvalue weighted by Crippen LogP contribution is 2.25. The van der Waals surface area contributed by atoms with Crippen molar-refractivity contribution >= 4 is 29.2 Å². The molecule has 2 N–H and O–H groups in total. The van der Waals surface area contributed by atoms with Crippen LogP contribution >= 0.6 is 11.6 Å². The fourth-order valence-corrected chi connectivity index (χ4v) is 2.45. The summed E-state index contributed by atoms with van der Waals surface area (Å²) < 4.78 is 34.1. The zero-order valence-electron chi connectivity index (χ0n) is 14.4. The number of aryl methyl sites for hydroxylation is 1. The summed E-state index contributed by atoms with van der Waals surface area (Å²) in [7, 11) is 3.28. The summed E-state index contributed by atoms with van der Waals surface area (Å²) in [5.41, 5.74) is -0.0176. The molecule has 0 fully saturated rings. The maximum absolute atomic E-state index is 14.1. The number of anilines is 3. The zero-order valence-corrected chi connectivity index (χ0v) is 15.2. The maximum atomic E-state index is 14.1. The van der Waals surface area contributed by atoms with Crippen LogP contribution in [-0.4, -0.2) is 38.2 Å². The van der Waals surface area contributed by atoms with Gasteiger partial charge in [0.2, 0.25) is 5.95 Å². The van der Waals surface area contributed by atoms with Gasteiger partial charge in [-0.05, 0) is 0 Å². The minimum atomic E-state index is -0.801. The molecule has 0 aromatic carbocycles. The molecule has 8 nitrogen and oxygen atoms in total. The first-order valence-corrected chi connectivity index (χ1v) is 8.18. The molecule has 0 aliphatic heterocycles. The number of halogens is 3. The van der Waals surface area contributed by atoms with Crippen molar-refractivity contribution in [1.29, 1.82) is 0 Å². The molecule has 3 heterocycles. The van der Waals surface area contributed by atoms with Crippen molar-refractivity contribution < 1.29 is 13.5 Å². The van der Waals surface area contributed by atoms with Crippen molar-refractivity contribution in [1.82, 2.24) is 24.5 Å². The summed E-state index contributed by atoms with van der Waals surface area (Å²) in [5.74, 6) is -0.548. The van der Waals surface area contributed by atoms with E-state index in [2.05, 4.69) is 30.6 Å². The van der Waals surface area contributed by atoms with Gasteiger partial charge in [0.05, 0.1) is 31.4 Å². The van der Waals surface area contributed by atoms with Crippen LogP contribution < -0.4 is 10.6 Å². The van der Waals surface area contributed by atoms with Gasteiger partial charge in [0.1, 0.15) is 28.2 Å². The molecule has 1 atom stereocenters. The fourth-order valence-electron chi connectivity index (χ4n) is 2.32. The molecule has 0 unspecified atom stereocenters. The lowest BCUT2D eigenvalue weighted by Crippen LogP contribution is -2.20. The smallest absolute Gasteiger partial charge is 0.225 e. The third kappa shape index (κ3) is 4.66. The Morgan fingerprint density at radius 1 is 1.26 bits per heavy atom. The van der Waals surface area contributed by atoms with Crippen molar-refractivity contribution in [2.45, 2.75) is 6.04 Å². The zero-order chi connectivity index (χ0) is 19.4. The topological polar surface area (TPSA) is 89.8 Å². The number of rotatable bonds is 7. The van der Waals surface area contributed by atoms with Crippen LogP contribution in [0.3, 0.4) is 0 Å². The van der Waals surface area contributed by atoms with Crippen molar-refractivity contribution in [3.63, 3.8) is 0 Å². The van der Waals surface area contributed by atoms with Crippen LogP contribution in [0.25, 0.3) is 0 Å². The highest BCUT2D eigenvalue weighted by molar-refractivity contribution is 6.32. The second-order valence-corrected chi connectivity index (χ2v) is 6.02. The van der Waals surface area contributed by atoms with E-state index >= 15 is 0 Å². The second-order valence-electron chi connectivity index (χ2n) is 5.61. The van der Waals surface area contributed by atoms with Crippen LogP contribution in [0.2, 0.25) is 5.02 Å². The van der Waals surface area contributed by atoms with E-state index in [1.807, 2.05) is 7.05 Å². The van der Waals surface area contributed by atoms with Crippen LogP contribution in [-0.2, 0) is 11.8 Å². The highest BCUT2D eigenvalue weighted by Gasteiger charge is 2.20. The van der Waals surface area contributed by atoms with E-state index in [0.29, 0.717) is 11.6 Å². The minimum absolute atomic E-state index is 0.0176. The van der Waals surface area contributed by atoms with Gasteiger partial charge in [-0.15, -0.1) is 0 Å². The molecular weight excluding hydrogens is 380 g/mol. The molecule has 3 aromatic rings. The summed E-state index contributed by atoms with van der Waals surface area (Å²) in [6.07, 6.45) is 5.69. The molecule has 0 saturated carbocycles. The SMILES string of the molecule is COC[C@@H](Nc1ncc(Cl)c(Nc2cn(C)cn2)n1)c1ncc(F)cc1F. The third-order valence-corrected chi connectivity index (χ3v) is 3.78. The molecule has 0 aliphatic carbocycles. The molecule has 0 spiro atoms. The number of nitrogens with one attached hydrogen (secondary N) is 2. The number of ether oxygens (including phenoxy) is 1. The molecule has 11 heteroatoms. The molecule has 0 aliphatic rings. The number of hydrogen-bond acceptors (Lipinski definition) is 7. The van der Waals surface area contributed by atoms with Crippen molar-refractivity contribution in [3.05, 3.63) is 53.3 Å². The standard InChI is InChI=1S/C16H16ClF2N7O/c1-26-6-13(22-8-26)24-15-10(17)5-21-16(25-15)23-12(7-27-2)14-11(19)3-9(18)4-20-14/h3-6,8,12H,7H2,1-2H3,(H2,21,23,24,25)/t12-/m1/s1. The lowest BCUT2D eigenvalue weighted by molar-refractivity contribution is 0.183. The summed E-state index contributed by atoms with van der Waals surface area (Å²) in [4.78, 5) is 16.3. The Morgan fingerprint density at radius 2 is 2.07 bits per heavy atom. The molecule has 142 valence electrons. The second kappa shape index (κ2) is 8.23. The van der Waals surface area contributed by atoms with E-state index in [4.69, 9.17) is 16.3 Å². The van der Waals surface area contributed by atoms with Gasteiger partial charge in [0.25, 0.3) is 0 Å². The van der Waals surface area contributed by atoms with Gasteiger partial charge in [0, 0.05) is 26.4 Å². The molecule has 0 amide bonds. The van der Waals surface area contributed by atoms with Gasteiger partial charge in [-0.3, -0.25) is 4.98 Å². The maximum Gasteiger partial charge on any atom is 0.225 e. The van der Waals surface area contributed by atoms with Crippen LogP contribution in [0.5, 0.6) is 0 Å². The number of methoxy groups -OCH3 is 1. The first kappa shape index (κ1) is 18.9. The summed E-state index contributed by atoms with van der Waals surface area (Å²) in [6.45, 7) is 0.0601. The highest BCUT2D eigenvalue weighted by atomic mass is 35.5. The number of aromatic nitrogens is 5. The van der Waals surface area contributed by atoms with E-state index in [1.165, 1.54) is 13.3 Å². The van der Waals surface area contributed by atoms with E-state index in [-0.39, 0.29) is 23.3 Å². The van der Waals surface area contributed by atoms with Gasteiger partial charge >= 0.3 is 0 Å². The van der Waals surface area contributed by atoms with E-state index in [0.717, 1.165) is 12.3 Å². The Balaban J connectivity index is 1.84. The summed E-state index contributed by atoms with van der Waals surface area (Å²) >= 11 is 6.12. The lowest BCUT2D eigenvalue weighted by Gasteiger charge is -2.18. The Labute approximate surface area is 158 Å². The largest absolute Gasteiger partial charge is 0.382 e. The van der Waals surface area contributed by atoms with Gasteiger partial charge in [-0.1, -0.05) is 11.6 Å². The molecule has 0 saturated heterocycles. The van der Waals surface area contributed by atoms with E-state index in [1.54, 1.807) is 17.1 Å². The quantitative estimate of drug-likeness (QED) is 0.635. The van der Waals surface area contributed by atoms with Gasteiger partial charge < -0.3 is 19.9 Å². The van der Waals surface area contributed by atoms with E-state index in [9.17, 15) is 8.78 Å². The number of imidazole rings is 1. The van der Waals surface area contributed by atoms with Crippen LogP contribution in [0, 0.1) is 11.6 Å². The van der Waals surface area contributed by atoms with Gasteiger partial charge in [0.15, 0.2) is 5.82 Å². The monoisotopic (exact) mass is 395 g/mol. The van der Waals surface area contributed by atoms with Crippen molar-refractivity contribution in [3.8, 4) is 0 Å². The predicted molar refractivity (Wildman–Crippen MR) is 95.9 cm³/mol. The predicted octanol–water partition coefficient (Wildman–Crippen LogP) is 3.08. The number of hydrogen-bond donors (Lipinski definition) is 2. The average Bonchev–Trinajstić information content (AvgIpc) is 3.02. The van der Waals surface area contributed by atoms with E-state index < -0.39 is 17.7 Å². The fraction of sp³-hybridized carbons (Fsp3) is 0.250. The first-order valence-electron chi connectivity index (χ1n) is 7.80. The Morgan fingerprint density at radius 3 is 2.74 bits per heavy atom. The van der Waals surface area contributed by atoms with Crippen LogP contribution in [0.1, 0.15) is 11.7 Å². The minimum Gasteiger partial charge on any atom is -0.382 e. The average molecular weight is 396 g/mol. The third-order valence-electron chi connectivity index (χ3n) is 3.50. The van der Waals surface area contributed by atoms with Crippen molar-refractivity contribution in [2.75, 3.05) is 24.4 Å². The van der Waals surface area contributed by atoms with Crippen LogP contribution in [0.15, 0.2) is 31.0 Å². The molecular formula is C16H16ClF2N7O. The van der Waals surface area contributed by atoms with Gasteiger partial charge in [-0.2, -0.15) is 4.98 Å². The summed E-state index contributed by atoms with van der Waals surface area (Å²) in [5, 5.41) is 6.17. The molecule has 3 aromatic heterocycles. The molecule has 0 radical (unpaired) electrons. The Kier molecular flexibility index (Phi) is 5.77. The lowest BCUT2D eigenvalue weighted by atomic mass is 10.2.